The Hall–Kier alpha value is -2.28. The number of esters is 1. The number of benzene rings is 1. The van der Waals surface area contributed by atoms with Crippen molar-refractivity contribution in [3.05, 3.63) is 35.6 Å². The predicted octanol–water partition coefficient (Wildman–Crippen LogP) is 3.13. The zero-order valence-corrected chi connectivity index (χ0v) is 10.8. The van der Waals surface area contributed by atoms with Gasteiger partial charge >= 0.3 is 5.97 Å². The lowest BCUT2D eigenvalue weighted by Crippen LogP contribution is -2.08. The van der Waals surface area contributed by atoms with E-state index in [0.29, 0.717) is 19.4 Å². The van der Waals surface area contributed by atoms with Gasteiger partial charge in [0.2, 0.25) is 0 Å². The maximum Gasteiger partial charge on any atom is 0.310 e. The molecule has 4 nitrogen and oxygen atoms in total. The molecule has 0 saturated carbocycles. The number of nitriles is 1. The minimum Gasteiger partial charge on any atom is -0.465 e. The third kappa shape index (κ3) is 3.35. The lowest BCUT2D eigenvalue weighted by Gasteiger charge is -2.02. The first-order valence-electron chi connectivity index (χ1n) is 6.20. The van der Waals surface area contributed by atoms with Gasteiger partial charge < -0.3 is 9.15 Å². The van der Waals surface area contributed by atoms with Crippen LogP contribution in [0, 0.1) is 18.3 Å². The Morgan fingerprint density at radius 1 is 1.47 bits per heavy atom. The smallest absolute Gasteiger partial charge is 0.310 e. The van der Waals surface area contributed by atoms with Crippen LogP contribution < -0.4 is 0 Å². The molecule has 2 aromatic rings. The normalized spacial score (nSPS) is 10.3. The molecule has 0 spiro atoms. The number of carbonyl (C=O) groups excluding carboxylic acids is 1. The molecule has 0 aliphatic rings. The van der Waals surface area contributed by atoms with Gasteiger partial charge in [0.1, 0.15) is 5.58 Å². The fourth-order valence-corrected chi connectivity index (χ4v) is 1.87. The molecule has 98 valence electrons. The van der Waals surface area contributed by atoms with E-state index in [0.717, 1.165) is 22.1 Å². The molecule has 0 saturated heterocycles. The van der Waals surface area contributed by atoms with Crippen LogP contribution in [0.25, 0.3) is 11.0 Å². The zero-order valence-electron chi connectivity index (χ0n) is 10.8. The van der Waals surface area contributed by atoms with E-state index in [2.05, 4.69) is 0 Å². The Morgan fingerprint density at radius 3 is 3.11 bits per heavy atom. The van der Waals surface area contributed by atoms with Crippen LogP contribution >= 0.6 is 0 Å². The van der Waals surface area contributed by atoms with Crippen molar-refractivity contribution in [1.29, 1.82) is 5.26 Å². The van der Waals surface area contributed by atoms with Crippen molar-refractivity contribution < 1.29 is 13.9 Å². The highest BCUT2D eigenvalue weighted by molar-refractivity contribution is 5.86. The van der Waals surface area contributed by atoms with Gasteiger partial charge in [0.25, 0.3) is 0 Å². The number of aryl methyl sites for hydroxylation is 1. The average Bonchev–Trinajstić information content (AvgIpc) is 2.77. The van der Waals surface area contributed by atoms with Crippen LogP contribution in [-0.2, 0) is 16.0 Å². The standard InChI is InChI=1S/C15H15NO3/c1-11-4-5-13-12(10-19-14(13)8-11)9-15(17)18-7-3-2-6-16/h4-5,8,10H,2-3,7,9H2,1H3. The molecule has 0 fully saturated rings. The van der Waals surface area contributed by atoms with Gasteiger partial charge in [0.05, 0.1) is 25.4 Å². The largest absolute Gasteiger partial charge is 0.465 e. The number of furan rings is 1. The second-order valence-electron chi connectivity index (χ2n) is 4.42. The molecule has 1 aromatic carbocycles. The molecule has 4 heteroatoms. The van der Waals surface area contributed by atoms with Crippen molar-refractivity contribution in [3.8, 4) is 6.07 Å². The maximum atomic E-state index is 11.6. The summed E-state index contributed by atoms with van der Waals surface area (Å²) in [5.41, 5.74) is 2.74. The van der Waals surface area contributed by atoms with E-state index in [4.69, 9.17) is 14.4 Å². The molecule has 0 N–H and O–H groups in total. The SMILES string of the molecule is Cc1ccc2c(CC(=O)OCCCC#N)coc2c1. The van der Waals surface area contributed by atoms with Gasteiger partial charge in [-0.3, -0.25) is 4.79 Å². The zero-order chi connectivity index (χ0) is 13.7. The molecule has 0 amide bonds. The fraction of sp³-hybridized carbons (Fsp3) is 0.333. The first kappa shape index (κ1) is 13.2. The fourth-order valence-electron chi connectivity index (χ4n) is 1.87. The van der Waals surface area contributed by atoms with Crippen LogP contribution in [0.4, 0.5) is 0 Å². The highest BCUT2D eigenvalue weighted by Gasteiger charge is 2.11. The molecule has 0 bridgehead atoms. The first-order valence-corrected chi connectivity index (χ1v) is 6.20. The summed E-state index contributed by atoms with van der Waals surface area (Å²) in [6, 6.07) is 7.89. The van der Waals surface area contributed by atoms with E-state index in [1.54, 1.807) is 6.26 Å². The molecule has 0 radical (unpaired) electrons. The summed E-state index contributed by atoms with van der Waals surface area (Å²) in [7, 11) is 0. The summed E-state index contributed by atoms with van der Waals surface area (Å²) < 4.78 is 10.5. The summed E-state index contributed by atoms with van der Waals surface area (Å²) in [6.07, 6.45) is 2.78. The summed E-state index contributed by atoms with van der Waals surface area (Å²) >= 11 is 0. The number of nitrogens with zero attached hydrogens (tertiary/aromatic N) is 1. The van der Waals surface area contributed by atoms with E-state index in [1.165, 1.54) is 0 Å². The molecule has 0 aliphatic heterocycles. The van der Waals surface area contributed by atoms with Crippen LogP contribution in [-0.4, -0.2) is 12.6 Å². The van der Waals surface area contributed by atoms with Gasteiger partial charge in [-0.2, -0.15) is 5.26 Å². The molecular formula is C15H15NO3. The predicted molar refractivity (Wildman–Crippen MR) is 70.5 cm³/mol. The highest BCUT2D eigenvalue weighted by atomic mass is 16.5. The Bertz CT molecular complexity index is 622. The summed E-state index contributed by atoms with van der Waals surface area (Å²) in [6.45, 7) is 2.28. The van der Waals surface area contributed by atoms with Crippen LogP contribution in [0.3, 0.4) is 0 Å². The second kappa shape index (κ2) is 6.05. The Balaban J connectivity index is 1.98. The summed E-state index contributed by atoms with van der Waals surface area (Å²) in [5, 5.41) is 9.32. The summed E-state index contributed by atoms with van der Waals surface area (Å²) in [4.78, 5) is 11.6. The summed E-state index contributed by atoms with van der Waals surface area (Å²) in [5.74, 6) is -0.291. The quantitative estimate of drug-likeness (QED) is 0.609. The van der Waals surface area contributed by atoms with Crippen LogP contribution in [0.2, 0.25) is 0 Å². The van der Waals surface area contributed by atoms with Crippen molar-refractivity contribution in [2.45, 2.75) is 26.2 Å². The minimum atomic E-state index is -0.291. The Kier molecular flexibility index (Phi) is 4.19. The molecule has 0 aliphatic carbocycles. The van der Waals surface area contributed by atoms with Crippen LogP contribution in [0.15, 0.2) is 28.9 Å². The van der Waals surface area contributed by atoms with Crippen molar-refractivity contribution in [1.82, 2.24) is 0 Å². The first-order chi connectivity index (χ1) is 9.20. The van der Waals surface area contributed by atoms with E-state index in [-0.39, 0.29) is 12.4 Å². The number of hydrogen-bond acceptors (Lipinski definition) is 4. The molecule has 0 atom stereocenters. The van der Waals surface area contributed by atoms with Gasteiger partial charge in [-0.05, 0) is 25.0 Å². The average molecular weight is 257 g/mol. The molecular weight excluding hydrogens is 242 g/mol. The topological polar surface area (TPSA) is 63.2 Å². The number of hydrogen-bond donors (Lipinski definition) is 0. The van der Waals surface area contributed by atoms with E-state index in [1.807, 2.05) is 31.2 Å². The maximum absolute atomic E-state index is 11.6. The van der Waals surface area contributed by atoms with E-state index in [9.17, 15) is 4.79 Å². The van der Waals surface area contributed by atoms with Crippen molar-refractivity contribution in [3.63, 3.8) is 0 Å². The molecule has 1 heterocycles. The van der Waals surface area contributed by atoms with Gasteiger partial charge in [-0.25, -0.2) is 0 Å². The van der Waals surface area contributed by atoms with Crippen molar-refractivity contribution >= 4 is 16.9 Å². The molecule has 2 rings (SSSR count). The number of rotatable bonds is 5. The molecule has 1 aromatic heterocycles. The van der Waals surface area contributed by atoms with E-state index < -0.39 is 0 Å². The van der Waals surface area contributed by atoms with Gasteiger partial charge in [-0.1, -0.05) is 12.1 Å². The van der Waals surface area contributed by atoms with Crippen LogP contribution in [0.5, 0.6) is 0 Å². The van der Waals surface area contributed by atoms with Crippen molar-refractivity contribution in [2.75, 3.05) is 6.61 Å². The number of unbranched alkanes of at least 4 members (excludes halogenated alkanes) is 1. The number of carbonyl (C=O) groups is 1. The third-order valence-electron chi connectivity index (χ3n) is 2.84. The van der Waals surface area contributed by atoms with Gasteiger partial charge in [0, 0.05) is 17.4 Å². The lowest BCUT2D eigenvalue weighted by molar-refractivity contribution is -0.142. The second-order valence-corrected chi connectivity index (χ2v) is 4.42. The third-order valence-corrected chi connectivity index (χ3v) is 2.84. The number of ether oxygens (including phenoxy) is 1. The van der Waals surface area contributed by atoms with Crippen LogP contribution in [0.1, 0.15) is 24.0 Å². The molecule has 19 heavy (non-hydrogen) atoms. The van der Waals surface area contributed by atoms with Gasteiger partial charge in [-0.15, -0.1) is 0 Å². The van der Waals surface area contributed by atoms with Crippen molar-refractivity contribution in [2.24, 2.45) is 0 Å². The minimum absolute atomic E-state index is 0.197. The Morgan fingerprint density at radius 2 is 2.32 bits per heavy atom. The highest BCUT2D eigenvalue weighted by Crippen LogP contribution is 2.22. The Labute approximate surface area is 111 Å². The van der Waals surface area contributed by atoms with Gasteiger partial charge in [0.15, 0.2) is 0 Å². The molecule has 0 unspecified atom stereocenters. The number of fused-ring (bicyclic) bond motifs is 1. The van der Waals surface area contributed by atoms with E-state index >= 15 is 0 Å². The monoisotopic (exact) mass is 257 g/mol. The lowest BCUT2D eigenvalue weighted by atomic mass is 10.1.